The first-order valence-electron chi connectivity index (χ1n) is 12.3. The molecule has 0 fully saturated rings. The molecule has 244 valence electrons. The van der Waals surface area contributed by atoms with Crippen molar-refractivity contribution >= 4 is 76.1 Å². The van der Waals surface area contributed by atoms with E-state index in [0.717, 1.165) is 24.3 Å². The summed E-state index contributed by atoms with van der Waals surface area (Å²) in [6.45, 7) is -0.298. The molecule has 1 amide bonds. The van der Waals surface area contributed by atoms with Crippen LogP contribution in [0.5, 0.6) is 5.75 Å². The van der Waals surface area contributed by atoms with Crippen LogP contribution in [0.3, 0.4) is 0 Å². The highest BCUT2D eigenvalue weighted by molar-refractivity contribution is 7.91. The number of hydrogen-bond donors (Lipinski definition) is 5. The Hall–Kier alpha value is -4.03. The third-order valence-electron chi connectivity index (χ3n) is 5.99. The number of amides is 1. The number of rotatable bonds is 13. The smallest absolute Gasteiger partial charge is 0.298 e. The van der Waals surface area contributed by atoms with Crippen molar-refractivity contribution in [3.05, 3.63) is 78.4 Å². The van der Waals surface area contributed by atoms with Crippen LogP contribution in [-0.4, -0.2) is 63.0 Å². The predicted octanol–water partition coefficient (Wildman–Crippen LogP) is 4.48. The second kappa shape index (κ2) is 14.2. The van der Waals surface area contributed by atoms with Crippen molar-refractivity contribution in [3.63, 3.8) is 0 Å². The zero-order chi connectivity index (χ0) is 33.7. The second-order valence-corrected chi connectivity index (χ2v) is 14.4. The van der Waals surface area contributed by atoms with Crippen LogP contribution in [0.2, 0.25) is 0 Å². The number of aromatic hydroxyl groups is 1. The molecule has 17 nitrogen and oxygen atoms in total. The Balaban J connectivity index is 1.54. The van der Waals surface area contributed by atoms with E-state index >= 15 is 0 Å². The van der Waals surface area contributed by atoms with Gasteiger partial charge in [0.1, 0.15) is 10.6 Å². The number of azo groups is 1. The van der Waals surface area contributed by atoms with Crippen LogP contribution in [0.4, 0.5) is 17.1 Å². The Morgan fingerprint density at radius 3 is 2.22 bits per heavy atom. The van der Waals surface area contributed by atoms with Gasteiger partial charge in [0.2, 0.25) is 0 Å². The summed E-state index contributed by atoms with van der Waals surface area (Å²) < 4.78 is 99.5. The standard InChI is InChI=1S/C25H21N3O14S4/c29-24-22(46(37,38)39)13-16-12-20(45(34,35)36)8-9-21(16)23(24)28-27-17-6-4-15(5-7-17)25(30)26-18-2-1-3-19(14-18)44(32,33)11-10-40-43-42-41-31/h1-9,12-14,29,31H,10-11H2,(H,26,30)(H,34,35,36)(H,37,38,39). The molecule has 0 saturated heterocycles. The Morgan fingerprint density at radius 2 is 1.57 bits per heavy atom. The molecule has 0 saturated carbocycles. The number of phenolic OH excluding ortho intramolecular Hbond substituents is 1. The van der Waals surface area contributed by atoms with Gasteiger partial charge < -0.3 is 10.4 Å². The summed E-state index contributed by atoms with van der Waals surface area (Å²) in [5, 5.41) is 32.2. The van der Waals surface area contributed by atoms with Crippen LogP contribution in [-0.2, 0) is 43.6 Å². The van der Waals surface area contributed by atoms with E-state index in [9.17, 15) is 44.3 Å². The van der Waals surface area contributed by atoms with E-state index in [0.29, 0.717) is 0 Å². The molecule has 5 N–H and O–H groups in total. The number of sulfone groups is 1. The second-order valence-electron chi connectivity index (χ2n) is 8.99. The minimum absolute atomic E-state index is 0.0259. The topological polar surface area (TPSA) is 265 Å². The average Bonchev–Trinajstić information content (AvgIpc) is 2.99. The Morgan fingerprint density at radius 1 is 0.848 bits per heavy atom. The fourth-order valence-electron chi connectivity index (χ4n) is 3.87. The van der Waals surface area contributed by atoms with Crippen LogP contribution in [0.15, 0.2) is 97.7 Å². The highest BCUT2D eigenvalue weighted by atomic mass is 32.2. The van der Waals surface area contributed by atoms with Crippen LogP contribution in [0.25, 0.3) is 10.8 Å². The molecule has 0 aliphatic rings. The Labute approximate surface area is 265 Å². The van der Waals surface area contributed by atoms with Crippen LogP contribution in [0, 0.1) is 0 Å². The van der Waals surface area contributed by atoms with Crippen molar-refractivity contribution in [3.8, 4) is 5.75 Å². The lowest BCUT2D eigenvalue weighted by atomic mass is 10.1. The van der Waals surface area contributed by atoms with Gasteiger partial charge >= 0.3 is 0 Å². The van der Waals surface area contributed by atoms with Gasteiger partial charge in [-0.2, -0.15) is 21.9 Å². The normalized spacial score (nSPS) is 12.5. The van der Waals surface area contributed by atoms with Gasteiger partial charge in [-0.1, -0.05) is 17.2 Å². The lowest BCUT2D eigenvalue weighted by molar-refractivity contribution is -0.434. The van der Waals surface area contributed by atoms with E-state index in [1.54, 1.807) is 0 Å². The zero-order valence-electron chi connectivity index (χ0n) is 22.7. The summed E-state index contributed by atoms with van der Waals surface area (Å²) in [7, 11) is -13.5. The van der Waals surface area contributed by atoms with Gasteiger partial charge in [0.05, 0.1) is 27.8 Å². The number of carbonyl (C=O) groups excluding carboxylic acids is 1. The number of nitrogens with one attached hydrogen (secondary N) is 1. The number of hydrogen-bond acceptors (Lipinski definition) is 15. The van der Waals surface area contributed by atoms with Gasteiger partial charge in [0.25, 0.3) is 26.1 Å². The molecule has 0 unspecified atom stereocenters. The summed E-state index contributed by atoms with van der Waals surface area (Å²) >= 11 is 0.230. The molecule has 0 atom stereocenters. The van der Waals surface area contributed by atoms with Gasteiger partial charge in [-0.25, -0.2) is 13.7 Å². The number of benzene rings is 4. The molecule has 0 radical (unpaired) electrons. The van der Waals surface area contributed by atoms with E-state index in [2.05, 4.69) is 24.9 Å². The highest BCUT2D eigenvalue weighted by Crippen LogP contribution is 2.42. The number of anilines is 1. The third kappa shape index (κ3) is 8.61. The summed E-state index contributed by atoms with van der Waals surface area (Å²) in [5.74, 6) is -2.03. The molecular formula is C25H21N3O14S4. The van der Waals surface area contributed by atoms with E-state index in [1.165, 1.54) is 48.5 Å². The van der Waals surface area contributed by atoms with E-state index in [4.69, 9.17) is 9.44 Å². The Bertz CT molecular complexity index is 2140. The van der Waals surface area contributed by atoms with Crippen LogP contribution >= 0.6 is 12.3 Å². The molecule has 0 aromatic heterocycles. The lowest BCUT2D eigenvalue weighted by Gasteiger charge is -2.10. The molecule has 0 bridgehead atoms. The summed E-state index contributed by atoms with van der Waals surface area (Å²) in [5.41, 5.74) is -0.0228. The van der Waals surface area contributed by atoms with Crippen LogP contribution < -0.4 is 5.32 Å². The van der Waals surface area contributed by atoms with E-state index < -0.39 is 63.0 Å². The zero-order valence-corrected chi connectivity index (χ0v) is 26.0. The highest BCUT2D eigenvalue weighted by Gasteiger charge is 2.23. The van der Waals surface area contributed by atoms with E-state index in [1.807, 2.05) is 0 Å². The fourth-order valence-corrected chi connectivity index (χ4v) is 6.46. The monoisotopic (exact) mass is 715 g/mol. The lowest BCUT2D eigenvalue weighted by Crippen LogP contribution is -2.14. The maximum Gasteiger partial charge on any atom is 0.298 e. The van der Waals surface area contributed by atoms with Crippen molar-refractivity contribution in [1.82, 2.24) is 0 Å². The molecule has 0 spiro atoms. The molecule has 4 aromatic carbocycles. The summed E-state index contributed by atoms with van der Waals surface area (Å²) in [6.07, 6.45) is 0. The molecular weight excluding hydrogens is 695 g/mol. The first-order chi connectivity index (χ1) is 21.6. The molecule has 4 aromatic rings. The maximum absolute atomic E-state index is 12.8. The van der Waals surface area contributed by atoms with Gasteiger partial charge in [0.15, 0.2) is 27.9 Å². The molecule has 21 heteroatoms. The minimum atomic E-state index is -5.00. The van der Waals surface area contributed by atoms with Gasteiger partial charge in [-0.3, -0.25) is 18.1 Å². The minimum Gasteiger partial charge on any atom is -0.504 e. The van der Waals surface area contributed by atoms with Crippen molar-refractivity contribution in [2.75, 3.05) is 17.7 Å². The summed E-state index contributed by atoms with van der Waals surface area (Å²) in [6, 6.07) is 14.7. The van der Waals surface area contributed by atoms with Crippen molar-refractivity contribution in [1.29, 1.82) is 0 Å². The molecule has 0 aliphatic heterocycles. The summed E-state index contributed by atoms with van der Waals surface area (Å²) in [4.78, 5) is 11.1. The van der Waals surface area contributed by atoms with Gasteiger partial charge in [0, 0.05) is 16.6 Å². The van der Waals surface area contributed by atoms with Gasteiger partial charge in [-0.15, -0.1) is 9.45 Å². The first-order valence-corrected chi connectivity index (χ1v) is 17.5. The SMILES string of the molecule is O=C(Nc1cccc(S(=O)(=O)CCOSOOO)c1)c1ccc(N=Nc2c(O)c(S(=O)(=O)O)cc3cc(S(=O)(=O)O)ccc23)cc1. The molecule has 4 rings (SSSR count). The molecule has 0 heterocycles. The maximum atomic E-state index is 12.8. The predicted molar refractivity (Wildman–Crippen MR) is 161 cm³/mol. The Kier molecular flexibility index (Phi) is 10.7. The number of fused-ring (bicyclic) bond motifs is 1. The molecule has 46 heavy (non-hydrogen) atoms. The van der Waals surface area contributed by atoms with Crippen molar-refractivity contribution < 1.29 is 63.1 Å². The number of phenols is 1. The third-order valence-corrected chi connectivity index (χ3v) is 9.76. The number of nitrogens with zero attached hydrogens (tertiary/aromatic N) is 2. The number of carbonyl (C=O) groups is 1. The average molecular weight is 716 g/mol. The quantitative estimate of drug-likeness (QED) is 0.0319. The molecule has 0 aliphatic carbocycles. The van der Waals surface area contributed by atoms with Crippen molar-refractivity contribution in [2.45, 2.75) is 14.7 Å². The van der Waals surface area contributed by atoms with Crippen LogP contribution in [0.1, 0.15) is 10.4 Å². The van der Waals surface area contributed by atoms with Crippen molar-refractivity contribution in [2.24, 2.45) is 10.2 Å². The largest absolute Gasteiger partial charge is 0.504 e. The fraction of sp³-hybridized carbons (Fsp3) is 0.0800. The first kappa shape index (κ1) is 34.8. The van der Waals surface area contributed by atoms with Gasteiger partial charge in [-0.05, 0) is 66.0 Å². The van der Waals surface area contributed by atoms with E-state index in [-0.39, 0.29) is 51.5 Å².